The van der Waals surface area contributed by atoms with Crippen molar-refractivity contribution in [3.05, 3.63) is 130 Å². The van der Waals surface area contributed by atoms with E-state index in [0.29, 0.717) is 47.0 Å². The number of allylic oxidation sites excluding steroid dienone is 6. The Bertz CT molecular complexity index is 4280. The van der Waals surface area contributed by atoms with Crippen molar-refractivity contribution < 1.29 is 74.5 Å². The third-order valence-electron chi connectivity index (χ3n) is 13.5. The molecule has 7 N–H and O–H groups in total. The molecular weight excluding hydrogens is 1150 g/mol. The van der Waals surface area contributed by atoms with Gasteiger partial charge < -0.3 is 10.2 Å². The van der Waals surface area contributed by atoms with E-state index in [1.807, 2.05) is 39.0 Å². The number of sulfonamides is 1. The van der Waals surface area contributed by atoms with E-state index in [1.54, 1.807) is 44.2 Å². The van der Waals surface area contributed by atoms with Crippen LogP contribution in [0, 0.1) is 0 Å². The van der Waals surface area contributed by atoms with Crippen LogP contribution in [0.2, 0.25) is 0 Å². The molecule has 1 amide bonds. The highest BCUT2D eigenvalue weighted by Gasteiger charge is 2.46. The van der Waals surface area contributed by atoms with Crippen molar-refractivity contribution in [2.75, 3.05) is 30.3 Å². The summed E-state index contributed by atoms with van der Waals surface area (Å²) in [6.07, 6.45) is 8.44. The number of pyridine rings is 1. The maximum atomic E-state index is 13.4. The molecule has 0 bridgehead atoms. The Morgan fingerprint density at radius 1 is 0.785 bits per heavy atom. The van der Waals surface area contributed by atoms with Crippen LogP contribution >= 0.6 is 11.3 Å². The minimum absolute atomic E-state index is 0.0308. The monoisotopic (exact) mass is 1200 g/mol. The van der Waals surface area contributed by atoms with E-state index in [0.717, 1.165) is 28.4 Å². The number of ketones is 1. The maximum absolute atomic E-state index is 13.4. The number of fused-ring (bicyclic) bond motifs is 6. The zero-order chi connectivity index (χ0) is 58.0. The number of anilines is 1. The standard InChI is InChI=1S/C50H51N7O16S6/c1-6-21-56-39-15-9-29-7-12-33(77(65,66)67)25-36(29)45(39)49(2,3)42(56)17-10-30(38-14-8-31(28-53-38)47(59)52-20-19-32(58)24-44-54-55-48(74-44)76(51,63)64)11-18-43-50(4,5)46-37-26-34(78(68,69)70)27-41(79(71,72)73)35(37)13-16-40(46)57(43)22-23-75(60,61)62/h7-18,25-28H,6,19-24H2,1-5H3,(H6-,51,52,59,60,61,62,63,64,65,66,67,68,69,70,71,72,73)/p+1. The van der Waals surface area contributed by atoms with Crippen LogP contribution in [0.25, 0.3) is 27.1 Å². The Labute approximate surface area is 459 Å². The molecule has 0 fully saturated rings. The number of Topliss-reactive ketones (excluding diaryl/α,β-unsaturated/α-hetero) is 1. The van der Waals surface area contributed by atoms with Crippen molar-refractivity contribution in [1.82, 2.24) is 20.5 Å². The van der Waals surface area contributed by atoms with E-state index in [2.05, 4.69) is 25.1 Å². The normalized spacial score (nSPS) is 16.4. The van der Waals surface area contributed by atoms with Gasteiger partial charge in [0, 0.05) is 77.6 Å². The number of aromatic nitrogens is 3. The lowest BCUT2D eigenvalue weighted by molar-refractivity contribution is -0.437. The fourth-order valence-corrected chi connectivity index (χ4v) is 13.8. The molecule has 2 aromatic heterocycles. The lowest BCUT2D eigenvalue weighted by atomic mass is 9.79. The predicted molar refractivity (Wildman–Crippen MR) is 294 cm³/mol. The van der Waals surface area contributed by atoms with Gasteiger partial charge in [-0.1, -0.05) is 50.3 Å². The number of carbonyl (C=O) groups is 2. The molecule has 4 heterocycles. The highest BCUT2D eigenvalue weighted by atomic mass is 32.3. The molecule has 0 atom stereocenters. The summed E-state index contributed by atoms with van der Waals surface area (Å²) < 4.78 is 165. The first-order valence-corrected chi connectivity index (χ1v) is 32.1. The molecule has 6 aromatic rings. The molecule has 0 saturated carbocycles. The molecule has 4 aromatic carbocycles. The summed E-state index contributed by atoms with van der Waals surface area (Å²) in [7, 11) is -23.5. The van der Waals surface area contributed by atoms with Gasteiger partial charge in [-0.2, -0.15) is 38.2 Å². The van der Waals surface area contributed by atoms with E-state index in [9.17, 15) is 69.9 Å². The Morgan fingerprint density at radius 3 is 2.08 bits per heavy atom. The minimum atomic E-state index is -5.11. The Hall–Kier alpha value is -6.51. The number of nitrogens with zero attached hydrogens (tertiary/aromatic N) is 5. The number of rotatable bonds is 19. The lowest BCUT2D eigenvalue weighted by Gasteiger charge is -2.27. The van der Waals surface area contributed by atoms with Crippen LogP contribution in [-0.2, 0) is 72.5 Å². The maximum Gasteiger partial charge on any atom is 0.295 e. The lowest BCUT2D eigenvalue weighted by Crippen LogP contribution is -2.30. The molecule has 0 saturated heterocycles. The van der Waals surface area contributed by atoms with Gasteiger partial charge >= 0.3 is 0 Å². The third kappa shape index (κ3) is 12.2. The predicted octanol–water partition coefficient (Wildman–Crippen LogP) is 5.55. The van der Waals surface area contributed by atoms with Gasteiger partial charge in [0.15, 0.2) is 5.71 Å². The summed E-state index contributed by atoms with van der Waals surface area (Å²) in [6.45, 7) is 9.32. The fourth-order valence-electron chi connectivity index (χ4n) is 10.00. The summed E-state index contributed by atoms with van der Waals surface area (Å²) in [4.78, 5) is 30.3. The van der Waals surface area contributed by atoms with Crippen molar-refractivity contribution in [2.24, 2.45) is 5.14 Å². The Kier molecular flexibility index (Phi) is 15.7. The van der Waals surface area contributed by atoms with Crippen molar-refractivity contribution >= 4 is 118 Å². The minimum Gasteiger partial charge on any atom is -0.352 e. The van der Waals surface area contributed by atoms with Crippen molar-refractivity contribution in [1.29, 1.82) is 0 Å². The average Bonchev–Trinajstić information content (AvgIpc) is 3.55. The second kappa shape index (κ2) is 21.2. The first-order chi connectivity index (χ1) is 36.6. The van der Waals surface area contributed by atoms with Gasteiger partial charge in [-0.25, -0.2) is 13.6 Å². The Morgan fingerprint density at radius 2 is 1.47 bits per heavy atom. The molecular formula is C50H52N7O16S6+. The second-order valence-corrected chi connectivity index (χ2v) is 28.2. The van der Waals surface area contributed by atoms with Crippen LogP contribution in [0.4, 0.5) is 11.4 Å². The average molecular weight is 1200 g/mol. The molecule has 79 heavy (non-hydrogen) atoms. The number of hydrogen-bond acceptors (Lipinski definition) is 17. The zero-order valence-corrected chi connectivity index (χ0v) is 47.5. The molecule has 0 unspecified atom stereocenters. The van der Waals surface area contributed by atoms with Gasteiger partial charge in [-0.15, -0.1) is 10.2 Å². The number of carbonyl (C=O) groups excluding carboxylic acids is 2. The van der Waals surface area contributed by atoms with E-state index in [4.69, 9.17) is 5.14 Å². The highest BCUT2D eigenvalue weighted by molar-refractivity contribution is 7.91. The number of amides is 1. The van der Waals surface area contributed by atoms with Gasteiger partial charge in [-0.3, -0.25) is 32.8 Å². The number of nitrogens with one attached hydrogen (secondary N) is 1. The van der Waals surface area contributed by atoms with Gasteiger partial charge in [0.05, 0.1) is 38.6 Å². The van der Waals surface area contributed by atoms with Crippen LogP contribution in [0.15, 0.2) is 122 Å². The number of primary sulfonamides is 1. The van der Waals surface area contributed by atoms with E-state index in [1.165, 1.54) is 41.4 Å². The summed E-state index contributed by atoms with van der Waals surface area (Å²) >= 11 is 0.653. The first kappa shape index (κ1) is 58.6. The van der Waals surface area contributed by atoms with Crippen molar-refractivity contribution in [2.45, 2.75) is 83.7 Å². The SMILES string of the molecule is CCC[N+]1=C(/C=C/C(=C/C=C2/N(CCS(=O)(=O)O)c3ccc4c(S(=O)(=O)O)cc(S(=O)(=O)O)cc4c3C2(C)C)c2ccc(C(=O)NCCC(=O)Cc3nnc(S(N)(=O)=O)s3)cn2)C(C)(C)c2c1ccc1ccc(S(=O)(=O)O)cc21. The number of benzene rings is 4. The van der Waals surface area contributed by atoms with Crippen LogP contribution < -0.4 is 15.4 Å². The van der Waals surface area contributed by atoms with Crippen LogP contribution in [-0.4, -0.2) is 123 Å². The molecule has 8 rings (SSSR count). The second-order valence-electron chi connectivity index (χ2n) is 19.6. The quantitative estimate of drug-likeness (QED) is 0.0328. The molecule has 0 spiro atoms. The Balaban J connectivity index is 1.24. The van der Waals surface area contributed by atoms with Gasteiger partial charge in [-0.05, 0) is 96.3 Å². The number of hydrogen-bond donors (Lipinski definition) is 6. The summed E-state index contributed by atoms with van der Waals surface area (Å²) in [5.74, 6) is -1.77. The van der Waals surface area contributed by atoms with Gasteiger partial charge in [0.2, 0.25) is 10.0 Å². The smallest absolute Gasteiger partial charge is 0.295 e. The molecule has 2 aliphatic rings. The van der Waals surface area contributed by atoms with Crippen LogP contribution in [0.3, 0.4) is 0 Å². The van der Waals surface area contributed by atoms with Crippen molar-refractivity contribution in [3.63, 3.8) is 0 Å². The summed E-state index contributed by atoms with van der Waals surface area (Å²) in [5.41, 5.74) is 1.85. The largest absolute Gasteiger partial charge is 0.352 e. The zero-order valence-electron chi connectivity index (χ0n) is 42.6. The van der Waals surface area contributed by atoms with Crippen LogP contribution in [0.5, 0.6) is 0 Å². The highest BCUT2D eigenvalue weighted by Crippen LogP contribution is 2.52. The number of nitrogens with two attached hydrogens (primary N) is 1. The van der Waals surface area contributed by atoms with Gasteiger partial charge in [0.1, 0.15) is 22.2 Å². The van der Waals surface area contributed by atoms with E-state index >= 15 is 0 Å². The molecule has 29 heteroatoms. The molecule has 2 aliphatic heterocycles. The molecule has 0 aliphatic carbocycles. The van der Waals surface area contributed by atoms with E-state index in [-0.39, 0.29) is 74.9 Å². The van der Waals surface area contributed by atoms with Crippen molar-refractivity contribution in [3.8, 4) is 0 Å². The van der Waals surface area contributed by atoms with Gasteiger partial charge in [0.25, 0.3) is 56.4 Å². The third-order valence-corrected chi connectivity index (χ3v) is 19.0. The molecule has 418 valence electrons. The topological polar surface area (TPSA) is 369 Å². The van der Waals surface area contributed by atoms with Crippen LogP contribution in [0.1, 0.15) is 79.6 Å². The van der Waals surface area contributed by atoms with E-state index < -0.39 is 87.1 Å². The fraction of sp³-hybridized carbons (Fsp3) is 0.280. The molecule has 0 radical (unpaired) electrons. The molecule has 23 nitrogen and oxygen atoms in total. The first-order valence-electron chi connectivity index (χ1n) is 23.8. The summed E-state index contributed by atoms with van der Waals surface area (Å²) in [6, 6.07) is 15.6. The summed E-state index contributed by atoms with van der Waals surface area (Å²) in [5, 5.41) is 16.2.